The van der Waals surface area contributed by atoms with E-state index in [0.717, 1.165) is 26.7 Å². The van der Waals surface area contributed by atoms with Crippen molar-refractivity contribution in [3.05, 3.63) is 69.7 Å². The SMILES string of the molecule is CN1C(=O)c2c(-c3cc(Cl)cc(Cl)c3)cc3[nH]c4ccccc4c3c2C1=O. The summed E-state index contributed by atoms with van der Waals surface area (Å²) in [4.78, 5) is 30.3. The van der Waals surface area contributed by atoms with Gasteiger partial charge in [0.1, 0.15) is 0 Å². The summed E-state index contributed by atoms with van der Waals surface area (Å²) in [5.41, 5.74) is 3.84. The number of hydrogen-bond acceptors (Lipinski definition) is 2. The Kier molecular flexibility index (Phi) is 3.39. The number of hydrogen-bond donors (Lipinski definition) is 1. The van der Waals surface area contributed by atoms with Crippen LogP contribution in [0.25, 0.3) is 32.9 Å². The topological polar surface area (TPSA) is 53.2 Å². The molecule has 27 heavy (non-hydrogen) atoms. The fraction of sp³-hybridized carbons (Fsp3) is 0.0476. The molecule has 4 aromatic rings. The van der Waals surface area contributed by atoms with E-state index in [1.165, 1.54) is 7.05 Å². The summed E-state index contributed by atoms with van der Waals surface area (Å²) in [6, 6.07) is 14.7. The van der Waals surface area contributed by atoms with Crippen molar-refractivity contribution in [2.75, 3.05) is 7.05 Å². The first-order valence-electron chi connectivity index (χ1n) is 8.32. The fourth-order valence-corrected chi connectivity index (χ4v) is 4.34. The van der Waals surface area contributed by atoms with Crippen LogP contribution in [0.3, 0.4) is 0 Å². The van der Waals surface area contributed by atoms with E-state index in [-0.39, 0.29) is 11.8 Å². The summed E-state index contributed by atoms with van der Waals surface area (Å²) >= 11 is 12.3. The monoisotopic (exact) mass is 394 g/mol. The van der Waals surface area contributed by atoms with Crippen molar-refractivity contribution in [1.29, 1.82) is 0 Å². The van der Waals surface area contributed by atoms with Crippen molar-refractivity contribution in [1.82, 2.24) is 9.88 Å². The second-order valence-electron chi connectivity index (χ2n) is 6.59. The maximum Gasteiger partial charge on any atom is 0.262 e. The van der Waals surface area contributed by atoms with Crippen molar-refractivity contribution in [2.24, 2.45) is 0 Å². The Bertz CT molecular complexity index is 1290. The standard InChI is InChI=1S/C21H12Cl2N2O2/c1-25-20(26)18-14(10-6-11(22)8-12(23)7-10)9-16-17(19(18)21(25)27)13-4-2-3-5-15(13)24-16/h2-9,24H,1H3. The molecule has 6 heteroatoms. The molecule has 1 aliphatic heterocycles. The van der Waals surface area contributed by atoms with Gasteiger partial charge in [-0.25, -0.2) is 0 Å². The zero-order valence-electron chi connectivity index (χ0n) is 14.1. The third kappa shape index (κ3) is 2.24. The number of nitrogens with one attached hydrogen (secondary N) is 1. The lowest BCUT2D eigenvalue weighted by atomic mass is 9.93. The number of carbonyl (C=O) groups is 2. The molecule has 1 aliphatic rings. The first kappa shape index (κ1) is 16.4. The van der Waals surface area contributed by atoms with E-state index in [4.69, 9.17) is 23.2 Å². The minimum absolute atomic E-state index is 0.306. The second-order valence-corrected chi connectivity index (χ2v) is 7.47. The van der Waals surface area contributed by atoms with Crippen LogP contribution in [0, 0.1) is 0 Å². The van der Waals surface area contributed by atoms with Crippen LogP contribution in [0.5, 0.6) is 0 Å². The molecule has 0 atom stereocenters. The molecule has 0 unspecified atom stereocenters. The molecule has 3 aromatic carbocycles. The van der Waals surface area contributed by atoms with Crippen molar-refractivity contribution < 1.29 is 9.59 Å². The molecule has 2 heterocycles. The van der Waals surface area contributed by atoms with Crippen LogP contribution >= 0.6 is 23.2 Å². The highest BCUT2D eigenvalue weighted by atomic mass is 35.5. The Hall–Kier alpha value is -2.82. The minimum Gasteiger partial charge on any atom is -0.354 e. The zero-order valence-corrected chi connectivity index (χ0v) is 15.7. The molecule has 0 bridgehead atoms. The van der Waals surface area contributed by atoms with E-state index in [2.05, 4.69) is 4.98 Å². The van der Waals surface area contributed by atoms with Crippen LogP contribution in [-0.2, 0) is 0 Å². The van der Waals surface area contributed by atoms with Crippen molar-refractivity contribution in [3.8, 4) is 11.1 Å². The Labute approximate surface area is 164 Å². The smallest absolute Gasteiger partial charge is 0.262 e. The predicted molar refractivity (Wildman–Crippen MR) is 108 cm³/mol. The van der Waals surface area contributed by atoms with Gasteiger partial charge in [0.05, 0.1) is 11.1 Å². The van der Waals surface area contributed by atoms with Gasteiger partial charge < -0.3 is 4.98 Å². The van der Waals surface area contributed by atoms with Crippen LogP contribution in [-0.4, -0.2) is 28.7 Å². The number of halogens is 2. The number of carbonyl (C=O) groups excluding carboxylic acids is 2. The molecule has 1 N–H and O–H groups in total. The van der Waals surface area contributed by atoms with Gasteiger partial charge in [0.2, 0.25) is 0 Å². The molecule has 0 fully saturated rings. The lowest BCUT2D eigenvalue weighted by Gasteiger charge is -2.09. The van der Waals surface area contributed by atoms with Gasteiger partial charge in [0.15, 0.2) is 0 Å². The van der Waals surface area contributed by atoms with Crippen LogP contribution in [0.2, 0.25) is 10.0 Å². The number of amides is 2. The fourth-order valence-electron chi connectivity index (χ4n) is 3.82. The number of aromatic amines is 1. The maximum absolute atomic E-state index is 12.9. The van der Waals surface area contributed by atoms with E-state index >= 15 is 0 Å². The molecular formula is C21H12Cl2N2O2. The Balaban J connectivity index is 1.98. The summed E-state index contributed by atoms with van der Waals surface area (Å²) in [5, 5.41) is 2.61. The number of benzene rings is 3. The lowest BCUT2D eigenvalue weighted by molar-refractivity contribution is 0.0694. The van der Waals surface area contributed by atoms with Gasteiger partial charge >= 0.3 is 0 Å². The number of H-pyrrole nitrogens is 1. The molecule has 0 spiro atoms. The molecule has 0 saturated carbocycles. The summed E-state index contributed by atoms with van der Waals surface area (Å²) in [5.74, 6) is -0.631. The number of nitrogens with zero attached hydrogens (tertiary/aromatic N) is 1. The summed E-state index contributed by atoms with van der Waals surface area (Å²) in [7, 11) is 1.50. The van der Waals surface area contributed by atoms with E-state index in [1.807, 2.05) is 30.3 Å². The number of fused-ring (bicyclic) bond motifs is 5. The summed E-state index contributed by atoms with van der Waals surface area (Å²) in [6.07, 6.45) is 0. The highest BCUT2D eigenvalue weighted by Crippen LogP contribution is 2.41. The molecule has 0 radical (unpaired) electrons. The molecule has 132 valence electrons. The van der Waals surface area contributed by atoms with E-state index < -0.39 is 0 Å². The molecular weight excluding hydrogens is 383 g/mol. The van der Waals surface area contributed by atoms with Crippen LogP contribution in [0.15, 0.2) is 48.5 Å². The number of imide groups is 1. The quantitative estimate of drug-likeness (QED) is 0.432. The van der Waals surface area contributed by atoms with E-state index in [0.29, 0.717) is 32.3 Å². The highest BCUT2D eigenvalue weighted by molar-refractivity contribution is 6.36. The third-order valence-corrected chi connectivity index (χ3v) is 5.44. The third-order valence-electron chi connectivity index (χ3n) is 5.00. The molecule has 0 saturated heterocycles. The maximum atomic E-state index is 12.9. The van der Waals surface area contributed by atoms with Gasteiger partial charge in [-0.2, -0.15) is 0 Å². The summed E-state index contributed by atoms with van der Waals surface area (Å²) in [6.45, 7) is 0. The van der Waals surface area contributed by atoms with Gasteiger partial charge in [-0.15, -0.1) is 0 Å². The largest absolute Gasteiger partial charge is 0.354 e. The average molecular weight is 395 g/mol. The van der Waals surface area contributed by atoms with Crippen molar-refractivity contribution >= 4 is 56.8 Å². The number of rotatable bonds is 1. The van der Waals surface area contributed by atoms with Crippen LogP contribution in [0.4, 0.5) is 0 Å². The van der Waals surface area contributed by atoms with Crippen molar-refractivity contribution in [2.45, 2.75) is 0 Å². The number of aromatic nitrogens is 1. The summed E-state index contributed by atoms with van der Waals surface area (Å²) < 4.78 is 0. The molecule has 0 aliphatic carbocycles. The van der Waals surface area contributed by atoms with Gasteiger partial charge in [0.25, 0.3) is 11.8 Å². The minimum atomic E-state index is -0.326. The highest BCUT2D eigenvalue weighted by Gasteiger charge is 2.38. The van der Waals surface area contributed by atoms with Gasteiger partial charge in [-0.3, -0.25) is 14.5 Å². The lowest BCUT2D eigenvalue weighted by Crippen LogP contribution is -2.24. The number of para-hydroxylation sites is 1. The van der Waals surface area contributed by atoms with Gasteiger partial charge in [0, 0.05) is 38.9 Å². The first-order valence-corrected chi connectivity index (χ1v) is 9.07. The van der Waals surface area contributed by atoms with E-state index in [9.17, 15) is 9.59 Å². The van der Waals surface area contributed by atoms with Crippen LogP contribution in [0.1, 0.15) is 20.7 Å². The normalized spacial score (nSPS) is 13.8. The first-order chi connectivity index (χ1) is 13.0. The Morgan fingerprint density at radius 2 is 1.52 bits per heavy atom. The Morgan fingerprint density at radius 3 is 2.26 bits per heavy atom. The van der Waals surface area contributed by atoms with Crippen molar-refractivity contribution in [3.63, 3.8) is 0 Å². The predicted octanol–water partition coefficient (Wildman–Crippen LogP) is 5.52. The average Bonchev–Trinajstić information content (AvgIpc) is 3.11. The molecule has 1 aromatic heterocycles. The van der Waals surface area contributed by atoms with Gasteiger partial charge in [-0.05, 0) is 41.5 Å². The van der Waals surface area contributed by atoms with Gasteiger partial charge in [-0.1, -0.05) is 41.4 Å². The zero-order chi connectivity index (χ0) is 18.9. The molecule has 4 nitrogen and oxygen atoms in total. The van der Waals surface area contributed by atoms with Crippen LogP contribution < -0.4 is 0 Å². The van der Waals surface area contributed by atoms with E-state index in [1.54, 1.807) is 18.2 Å². The molecule has 2 amide bonds. The second kappa shape index (κ2) is 5.59. The molecule has 5 rings (SSSR count). The Morgan fingerprint density at radius 1 is 0.852 bits per heavy atom.